The third kappa shape index (κ3) is 4.56. The number of aromatic nitrogens is 2. The van der Waals surface area contributed by atoms with Crippen LogP contribution >= 0.6 is 0 Å². The van der Waals surface area contributed by atoms with Gasteiger partial charge in [-0.25, -0.2) is 9.97 Å². The summed E-state index contributed by atoms with van der Waals surface area (Å²) in [5, 5.41) is 3.21. The molecule has 4 heterocycles. The Kier molecular flexibility index (Phi) is 6.16. The third-order valence-electron chi connectivity index (χ3n) is 5.78. The average molecular weight is 376 g/mol. The monoisotopic (exact) mass is 376 g/mol. The van der Waals surface area contributed by atoms with Gasteiger partial charge >= 0.3 is 0 Å². The Balaban J connectivity index is 1.38. The van der Waals surface area contributed by atoms with Gasteiger partial charge in [-0.3, -0.25) is 4.79 Å². The number of anilines is 1. The first-order chi connectivity index (χ1) is 13.3. The molecule has 3 fully saturated rings. The number of carbonyl (C=O) groups is 1. The molecule has 1 aromatic heterocycles. The van der Waals surface area contributed by atoms with Crippen LogP contribution in [-0.2, 0) is 14.2 Å². The highest BCUT2D eigenvalue weighted by atomic mass is 16.5. The second-order valence-electron chi connectivity index (χ2n) is 7.43. The van der Waals surface area contributed by atoms with Crippen molar-refractivity contribution < 1.29 is 19.0 Å². The number of ether oxygens (including phenoxy) is 3. The van der Waals surface area contributed by atoms with Crippen molar-refractivity contribution in [2.24, 2.45) is 11.8 Å². The second kappa shape index (κ2) is 8.95. The third-order valence-corrected chi connectivity index (χ3v) is 5.78. The van der Waals surface area contributed by atoms with Gasteiger partial charge in [0.15, 0.2) is 0 Å². The standard InChI is InChI=1S/C19H28N4O4/c24-18(15-11-20-19(21-12-15)23-4-9-26-10-5-23)22-17-3-8-27-13-16(17)14-1-6-25-7-2-14/h11-12,14,16-17H,1-10,13H2,(H,22,24)/t16-,17-/m1/s1. The van der Waals surface area contributed by atoms with E-state index in [1.54, 1.807) is 12.4 Å². The maximum absolute atomic E-state index is 12.7. The van der Waals surface area contributed by atoms with Crippen molar-refractivity contribution in [3.05, 3.63) is 18.0 Å². The maximum Gasteiger partial charge on any atom is 0.254 e. The second-order valence-corrected chi connectivity index (χ2v) is 7.43. The van der Waals surface area contributed by atoms with Crippen molar-refractivity contribution in [3.8, 4) is 0 Å². The Morgan fingerprint density at radius 2 is 1.63 bits per heavy atom. The fraction of sp³-hybridized carbons (Fsp3) is 0.737. The van der Waals surface area contributed by atoms with E-state index in [4.69, 9.17) is 14.2 Å². The lowest BCUT2D eigenvalue weighted by atomic mass is 9.79. The molecule has 1 amide bonds. The van der Waals surface area contributed by atoms with E-state index in [0.29, 0.717) is 49.8 Å². The minimum absolute atomic E-state index is 0.104. The number of carbonyl (C=O) groups excluding carboxylic acids is 1. The average Bonchev–Trinajstić information content (AvgIpc) is 2.75. The van der Waals surface area contributed by atoms with Crippen LogP contribution in [0.15, 0.2) is 12.4 Å². The summed E-state index contributed by atoms with van der Waals surface area (Å²) < 4.78 is 16.5. The number of hydrogen-bond acceptors (Lipinski definition) is 7. The van der Waals surface area contributed by atoms with Crippen LogP contribution in [0.3, 0.4) is 0 Å². The first kappa shape index (κ1) is 18.6. The number of hydrogen-bond donors (Lipinski definition) is 1. The minimum Gasteiger partial charge on any atom is -0.381 e. The van der Waals surface area contributed by atoms with Crippen LogP contribution in [0.2, 0.25) is 0 Å². The van der Waals surface area contributed by atoms with Crippen LogP contribution in [0.1, 0.15) is 29.6 Å². The Morgan fingerprint density at radius 1 is 0.963 bits per heavy atom. The number of rotatable bonds is 4. The van der Waals surface area contributed by atoms with Crippen LogP contribution in [0.25, 0.3) is 0 Å². The van der Waals surface area contributed by atoms with Crippen LogP contribution in [0.5, 0.6) is 0 Å². The smallest absolute Gasteiger partial charge is 0.254 e. The number of amides is 1. The van der Waals surface area contributed by atoms with E-state index in [9.17, 15) is 4.79 Å². The lowest BCUT2D eigenvalue weighted by Crippen LogP contribution is -2.49. The van der Waals surface area contributed by atoms with Crippen molar-refractivity contribution in [2.75, 3.05) is 57.6 Å². The normalized spacial score (nSPS) is 27.3. The van der Waals surface area contributed by atoms with Gasteiger partial charge in [0, 0.05) is 57.3 Å². The predicted octanol–water partition coefficient (Wildman–Crippen LogP) is 0.875. The molecule has 27 heavy (non-hydrogen) atoms. The summed E-state index contributed by atoms with van der Waals surface area (Å²) in [4.78, 5) is 23.6. The van der Waals surface area contributed by atoms with Gasteiger partial charge in [0.25, 0.3) is 5.91 Å². The molecular formula is C19H28N4O4. The topological polar surface area (TPSA) is 85.8 Å². The van der Waals surface area contributed by atoms with E-state index in [0.717, 1.165) is 45.6 Å². The Bertz CT molecular complexity index is 615. The van der Waals surface area contributed by atoms with Gasteiger partial charge in [-0.2, -0.15) is 0 Å². The molecule has 3 aliphatic rings. The van der Waals surface area contributed by atoms with Crippen LogP contribution < -0.4 is 10.2 Å². The molecule has 0 aromatic carbocycles. The molecule has 1 N–H and O–H groups in total. The van der Waals surface area contributed by atoms with E-state index in [-0.39, 0.29) is 11.9 Å². The van der Waals surface area contributed by atoms with Crippen LogP contribution in [-0.4, -0.2) is 74.6 Å². The summed E-state index contributed by atoms with van der Waals surface area (Å²) >= 11 is 0. The summed E-state index contributed by atoms with van der Waals surface area (Å²) in [5.41, 5.74) is 0.504. The van der Waals surface area contributed by atoms with Crippen molar-refractivity contribution in [3.63, 3.8) is 0 Å². The molecule has 2 atom stereocenters. The molecule has 148 valence electrons. The highest BCUT2D eigenvalue weighted by molar-refractivity contribution is 5.93. The Labute approximate surface area is 159 Å². The zero-order valence-corrected chi connectivity index (χ0v) is 15.6. The van der Waals surface area contributed by atoms with Gasteiger partial charge < -0.3 is 24.4 Å². The zero-order chi connectivity index (χ0) is 18.5. The number of nitrogens with zero attached hydrogens (tertiary/aromatic N) is 3. The van der Waals surface area contributed by atoms with Gasteiger partial charge in [-0.05, 0) is 25.2 Å². The maximum atomic E-state index is 12.7. The van der Waals surface area contributed by atoms with Crippen LogP contribution in [0.4, 0.5) is 5.95 Å². The largest absolute Gasteiger partial charge is 0.381 e. The molecule has 8 nitrogen and oxygen atoms in total. The van der Waals surface area contributed by atoms with Gasteiger partial charge in [0.1, 0.15) is 0 Å². The zero-order valence-electron chi connectivity index (χ0n) is 15.6. The van der Waals surface area contributed by atoms with Gasteiger partial charge in [0.05, 0.1) is 25.4 Å². The van der Waals surface area contributed by atoms with E-state index < -0.39 is 0 Å². The molecule has 3 saturated heterocycles. The molecule has 0 aliphatic carbocycles. The van der Waals surface area contributed by atoms with Crippen molar-refractivity contribution in [2.45, 2.75) is 25.3 Å². The summed E-state index contributed by atoms with van der Waals surface area (Å²) in [6.45, 7) is 5.93. The summed E-state index contributed by atoms with van der Waals surface area (Å²) in [6.07, 6.45) is 6.17. The quantitative estimate of drug-likeness (QED) is 0.835. The molecule has 0 radical (unpaired) electrons. The van der Waals surface area contributed by atoms with E-state index in [1.165, 1.54) is 0 Å². The molecule has 0 bridgehead atoms. The summed E-state index contributed by atoms with van der Waals surface area (Å²) in [5.74, 6) is 1.44. The van der Waals surface area contributed by atoms with E-state index in [1.807, 2.05) is 0 Å². The lowest BCUT2D eigenvalue weighted by Gasteiger charge is -2.39. The first-order valence-corrected chi connectivity index (χ1v) is 9.92. The molecule has 4 rings (SSSR count). The molecular weight excluding hydrogens is 348 g/mol. The van der Waals surface area contributed by atoms with Crippen molar-refractivity contribution in [1.29, 1.82) is 0 Å². The van der Waals surface area contributed by atoms with Crippen LogP contribution in [0, 0.1) is 11.8 Å². The van der Waals surface area contributed by atoms with Gasteiger partial charge in [-0.1, -0.05) is 0 Å². The van der Waals surface area contributed by atoms with Crippen molar-refractivity contribution in [1.82, 2.24) is 15.3 Å². The van der Waals surface area contributed by atoms with Gasteiger partial charge in [-0.15, -0.1) is 0 Å². The molecule has 0 unspecified atom stereocenters. The van der Waals surface area contributed by atoms with E-state index >= 15 is 0 Å². The first-order valence-electron chi connectivity index (χ1n) is 9.92. The molecule has 3 aliphatic heterocycles. The van der Waals surface area contributed by atoms with E-state index in [2.05, 4.69) is 20.2 Å². The Hall–Kier alpha value is -1.77. The summed E-state index contributed by atoms with van der Waals surface area (Å²) in [7, 11) is 0. The minimum atomic E-state index is -0.104. The number of morpholine rings is 1. The highest BCUT2D eigenvalue weighted by Gasteiger charge is 2.34. The molecule has 1 aromatic rings. The lowest BCUT2D eigenvalue weighted by molar-refractivity contribution is -0.0259. The SMILES string of the molecule is O=C(N[C@@H]1CCOC[C@@H]1C1CCOCC1)c1cnc(N2CCOCC2)nc1. The number of nitrogens with one attached hydrogen (secondary N) is 1. The fourth-order valence-corrected chi connectivity index (χ4v) is 4.16. The molecule has 0 saturated carbocycles. The van der Waals surface area contributed by atoms with Crippen molar-refractivity contribution >= 4 is 11.9 Å². The summed E-state index contributed by atoms with van der Waals surface area (Å²) in [6, 6.07) is 0.133. The van der Waals surface area contributed by atoms with Gasteiger partial charge in [0.2, 0.25) is 5.95 Å². The highest BCUT2D eigenvalue weighted by Crippen LogP contribution is 2.30. The molecule has 0 spiro atoms. The predicted molar refractivity (Wildman–Crippen MR) is 98.8 cm³/mol. The Morgan fingerprint density at radius 3 is 2.37 bits per heavy atom. The fourth-order valence-electron chi connectivity index (χ4n) is 4.16. The molecule has 8 heteroatoms.